The van der Waals surface area contributed by atoms with Gasteiger partial charge >= 0.3 is 0 Å². The summed E-state index contributed by atoms with van der Waals surface area (Å²) in [5.41, 5.74) is 0. The van der Waals surface area contributed by atoms with Crippen LogP contribution in [0.3, 0.4) is 0 Å². The highest BCUT2D eigenvalue weighted by atomic mass is 16.5. The first-order valence-electron chi connectivity index (χ1n) is 10.5. The molecule has 0 aromatic carbocycles. The molecule has 0 aromatic rings. The number of nitrogens with one attached hydrogen (secondary N) is 2. The van der Waals surface area contributed by atoms with E-state index >= 15 is 0 Å². The normalized spacial score (nSPS) is 24.9. The summed E-state index contributed by atoms with van der Waals surface area (Å²) in [5.74, 6) is 2.26. The van der Waals surface area contributed by atoms with Gasteiger partial charge in [-0.1, -0.05) is 13.8 Å². The van der Waals surface area contributed by atoms with Gasteiger partial charge < -0.3 is 20.3 Å². The molecule has 2 N–H and O–H groups in total. The lowest BCUT2D eigenvalue weighted by Gasteiger charge is -2.37. The maximum atomic E-state index is 5.51. The zero-order valence-corrected chi connectivity index (χ0v) is 17.6. The number of nitrogens with zero attached hydrogens (tertiary/aromatic N) is 3. The van der Waals surface area contributed by atoms with Crippen molar-refractivity contribution in [3.8, 4) is 0 Å². The number of rotatable bonds is 7. The first kappa shape index (κ1) is 21.5. The predicted molar refractivity (Wildman–Crippen MR) is 110 cm³/mol. The number of likely N-dealkylation sites (tertiary alicyclic amines) is 1. The summed E-state index contributed by atoms with van der Waals surface area (Å²) in [6, 6.07) is 1.17. The Bertz CT molecular complexity index is 420. The van der Waals surface area contributed by atoms with E-state index in [4.69, 9.17) is 4.74 Å². The number of hydrogen-bond acceptors (Lipinski definition) is 4. The van der Waals surface area contributed by atoms with E-state index in [1.54, 1.807) is 0 Å². The minimum absolute atomic E-state index is 0.517. The molecule has 0 spiro atoms. The molecule has 6 heteroatoms. The van der Waals surface area contributed by atoms with Crippen LogP contribution in [-0.4, -0.2) is 87.4 Å². The minimum Gasteiger partial charge on any atom is -0.379 e. The van der Waals surface area contributed by atoms with Crippen molar-refractivity contribution < 1.29 is 4.74 Å². The molecular formula is C20H41N5O. The van der Waals surface area contributed by atoms with Crippen LogP contribution in [0.25, 0.3) is 0 Å². The summed E-state index contributed by atoms with van der Waals surface area (Å²) in [5, 5.41) is 7.13. The van der Waals surface area contributed by atoms with E-state index in [2.05, 4.69) is 53.1 Å². The lowest BCUT2D eigenvalue weighted by atomic mass is 9.97. The van der Waals surface area contributed by atoms with E-state index in [1.807, 2.05) is 7.05 Å². The molecule has 2 atom stereocenters. The molecule has 0 amide bonds. The Morgan fingerprint density at radius 1 is 1.08 bits per heavy atom. The summed E-state index contributed by atoms with van der Waals surface area (Å²) in [6.07, 6.45) is 2.62. The van der Waals surface area contributed by atoms with Crippen molar-refractivity contribution in [3.63, 3.8) is 0 Å². The molecule has 2 unspecified atom stereocenters. The second-order valence-corrected chi connectivity index (χ2v) is 8.39. The molecule has 2 aliphatic heterocycles. The highest BCUT2D eigenvalue weighted by molar-refractivity contribution is 5.79. The van der Waals surface area contributed by atoms with Gasteiger partial charge in [-0.2, -0.15) is 0 Å². The number of morpholine rings is 1. The third-order valence-corrected chi connectivity index (χ3v) is 5.83. The van der Waals surface area contributed by atoms with Crippen molar-refractivity contribution in [2.75, 3.05) is 59.5 Å². The fraction of sp³-hybridized carbons (Fsp3) is 0.950. The van der Waals surface area contributed by atoms with Crippen LogP contribution in [0.1, 0.15) is 40.5 Å². The predicted octanol–water partition coefficient (Wildman–Crippen LogP) is 1.63. The summed E-state index contributed by atoms with van der Waals surface area (Å²) >= 11 is 0. The van der Waals surface area contributed by atoms with Gasteiger partial charge in [0.05, 0.1) is 13.2 Å². The molecule has 0 saturated carbocycles. The Morgan fingerprint density at radius 3 is 2.42 bits per heavy atom. The number of piperidine rings is 1. The average molecular weight is 368 g/mol. The highest BCUT2D eigenvalue weighted by Crippen LogP contribution is 2.17. The Labute approximate surface area is 160 Å². The Balaban J connectivity index is 1.77. The Kier molecular flexibility index (Phi) is 9.16. The molecule has 2 fully saturated rings. The van der Waals surface area contributed by atoms with Gasteiger partial charge in [0.2, 0.25) is 0 Å². The summed E-state index contributed by atoms with van der Waals surface area (Å²) in [4.78, 5) is 9.59. The van der Waals surface area contributed by atoms with E-state index in [9.17, 15) is 0 Å². The van der Waals surface area contributed by atoms with E-state index in [-0.39, 0.29) is 0 Å². The Morgan fingerprint density at radius 2 is 1.81 bits per heavy atom. The van der Waals surface area contributed by atoms with Gasteiger partial charge in [0.25, 0.3) is 0 Å². The first-order valence-corrected chi connectivity index (χ1v) is 10.5. The molecule has 26 heavy (non-hydrogen) atoms. The molecule has 0 radical (unpaired) electrons. The van der Waals surface area contributed by atoms with Crippen molar-refractivity contribution in [3.05, 3.63) is 0 Å². The smallest absolute Gasteiger partial charge is 0.191 e. The summed E-state index contributed by atoms with van der Waals surface area (Å²) in [6.45, 7) is 17.4. The Hall–Kier alpha value is -0.850. The summed E-state index contributed by atoms with van der Waals surface area (Å²) < 4.78 is 5.51. The molecule has 6 nitrogen and oxygen atoms in total. The second kappa shape index (κ2) is 11.1. The molecule has 2 saturated heterocycles. The fourth-order valence-electron chi connectivity index (χ4n) is 4.09. The number of hydrogen-bond donors (Lipinski definition) is 2. The van der Waals surface area contributed by atoms with Crippen LogP contribution in [0.5, 0.6) is 0 Å². The lowest BCUT2D eigenvalue weighted by Crippen LogP contribution is -2.53. The zero-order valence-electron chi connectivity index (χ0n) is 17.6. The molecule has 0 bridgehead atoms. The zero-order chi connectivity index (χ0) is 18.9. The molecule has 152 valence electrons. The van der Waals surface area contributed by atoms with Crippen LogP contribution >= 0.6 is 0 Å². The second-order valence-electron chi connectivity index (χ2n) is 8.39. The van der Waals surface area contributed by atoms with Crippen LogP contribution in [0.15, 0.2) is 4.99 Å². The van der Waals surface area contributed by atoms with Crippen molar-refractivity contribution in [1.82, 2.24) is 20.4 Å². The lowest BCUT2D eigenvalue weighted by molar-refractivity contribution is 0.00751. The molecule has 2 heterocycles. The first-order chi connectivity index (χ1) is 12.5. The average Bonchev–Trinajstić information content (AvgIpc) is 2.65. The monoisotopic (exact) mass is 367 g/mol. The van der Waals surface area contributed by atoms with E-state index in [1.165, 1.54) is 25.9 Å². The third-order valence-electron chi connectivity index (χ3n) is 5.83. The maximum Gasteiger partial charge on any atom is 0.191 e. The quantitative estimate of drug-likeness (QED) is 0.529. The number of guanidine groups is 1. The van der Waals surface area contributed by atoms with Crippen LogP contribution in [0, 0.1) is 11.8 Å². The molecule has 2 aliphatic rings. The van der Waals surface area contributed by atoms with E-state index in [0.29, 0.717) is 23.9 Å². The summed E-state index contributed by atoms with van der Waals surface area (Å²) in [7, 11) is 1.87. The van der Waals surface area contributed by atoms with Crippen molar-refractivity contribution in [1.29, 1.82) is 0 Å². The van der Waals surface area contributed by atoms with Crippen LogP contribution in [0.2, 0.25) is 0 Å². The van der Waals surface area contributed by atoms with Crippen LogP contribution < -0.4 is 10.6 Å². The molecule has 2 rings (SSSR count). The van der Waals surface area contributed by atoms with Gasteiger partial charge in [0.1, 0.15) is 0 Å². The number of ether oxygens (including phenoxy) is 1. The number of aliphatic imine (C=N–C) groups is 1. The topological polar surface area (TPSA) is 52.1 Å². The largest absolute Gasteiger partial charge is 0.379 e. The van der Waals surface area contributed by atoms with Gasteiger partial charge in [0, 0.05) is 51.9 Å². The molecule has 0 aliphatic carbocycles. The van der Waals surface area contributed by atoms with Crippen molar-refractivity contribution >= 4 is 5.96 Å². The SMILES string of the molecule is CN=C(NCC1CCCN(C(C)C)C1)NCC(C(C)C)N1CCOCC1. The van der Waals surface area contributed by atoms with Gasteiger partial charge in [-0.15, -0.1) is 0 Å². The minimum atomic E-state index is 0.517. The van der Waals surface area contributed by atoms with Gasteiger partial charge in [-0.25, -0.2) is 0 Å². The molecule has 0 aromatic heterocycles. The third kappa shape index (κ3) is 6.71. The van der Waals surface area contributed by atoms with E-state index < -0.39 is 0 Å². The van der Waals surface area contributed by atoms with Gasteiger partial charge in [0.15, 0.2) is 5.96 Å². The van der Waals surface area contributed by atoms with Crippen molar-refractivity contribution in [2.45, 2.75) is 52.6 Å². The fourth-order valence-corrected chi connectivity index (χ4v) is 4.09. The highest BCUT2D eigenvalue weighted by Gasteiger charge is 2.24. The van der Waals surface area contributed by atoms with Crippen LogP contribution in [0.4, 0.5) is 0 Å². The van der Waals surface area contributed by atoms with Gasteiger partial charge in [-0.3, -0.25) is 9.89 Å². The van der Waals surface area contributed by atoms with Gasteiger partial charge in [-0.05, 0) is 45.1 Å². The standard InChI is InChI=1S/C20H41N5O/c1-16(2)19(24-9-11-26-12-10-24)14-23-20(21-5)22-13-18-7-6-8-25(15-18)17(3)4/h16-19H,6-15H2,1-5H3,(H2,21,22,23). The van der Waals surface area contributed by atoms with E-state index in [0.717, 1.165) is 45.4 Å². The maximum absolute atomic E-state index is 5.51. The van der Waals surface area contributed by atoms with Crippen molar-refractivity contribution in [2.24, 2.45) is 16.8 Å². The van der Waals surface area contributed by atoms with Crippen LogP contribution in [-0.2, 0) is 4.74 Å². The molecular weight excluding hydrogens is 326 g/mol.